The second kappa shape index (κ2) is 13.3. The fraction of sp³-hybridized carbons (Fsp3) is 0.929. The zero-order valence-electron chi connectivity index (χ0n) is 12.9. The summed E-state index contributed by atoms with van der Waals surface area (Å²) in [4.78, 5) is 0. The van der Waals surface area contributed by atoms with Crippen molar-refractivity contribution in [3.63, 3.8) is 0 Å². The summed E-state index contributed by atoms with van der Waals surface area (Å²) in [6.45, 7) is 8.58. The van der Waals surface area contributed by atoms with Crippen molar-refractivity contribution < 1.29 is 18.9 Å². The molecule has 0 heterocycles. The summed E-state index contributed by atoms with van der Waals surface area (Å²) in [7, 11) is 1.64. The molecular formula is C14H28N2O4. The summed E-state index contributed by atoms with van der Waals surface area (Å²) < 4.78 is 20.9. The summed E-state index contributed by atoms with van der Waals surface area (Å²) >= 11 is 0. The Labute approximate surface area is 122 Å². The smallest absolute Gasteiger partial charge is 0.106 e. The van der Waals surface area contributed by atoms with Crippen LogP contribution in [0.4, 0.5) is 0 Å². The standard InChI is InChI=1S/C14H28N2O4/c1-4-16-14(2,13-15)5-6-18-9-10-20-12-11-19-8-7-17-3/h16H,4-12H2,1-3H3. The predicted octanol–water partition coefficient (Wildman–Crippen LogP) is 0.964. The minimum absolute atomic E-state index is 0.509. The van der Waals surface area contributed by atoms with Crippen LogP contribution in [-0.2, 0) is 18.9 Å². The van der Waals surface area contributed by atoms with E-state index in [2.05, 4.69) is 11.4 Å². The molecule has 0 fully saturated rings. The average molecular weight is 288 g/mol. The van der Waals surface area contributed by atoms with Gasteiger partial charge in [-0.3, -0.25) is 5.32 Å². The molecule has 1 N–H and O–H groups in total. The van der Waals surface area contributed by atoms with Crippen molar-refractivity contribution in [2.45, 2.75) is 25.8 Å². The maximum Gasteiger partial charge on any atom is 0.106 e. The highest BCUT2D eigenvalue weighted by Crippen LogP contribution is 2.07. The van der Waals surface area contributed by atoms with E-state index in [0.29, 0.717) is 52.7 Å². The van der Waals surface area contributed by atoms with E-state index in [4.69, 9.17) is 24.2 Å². The Morgan fingerprint density at radius 3 is 1.90 bits per heavy atom. The first-order chi connectivity index (χ1) is 9.68. The second-order valence-electron chi connectivity index (χ2n) is 4.55. The van der Waals surface area contributed by atoms with E-state index in [9.17, 15) is 0 Å². The van der Waals surface area contributed by atoms with E-state index in [1.165, 1.54) is 0 Å². The van der Waals surface area contributed by atoms with Crippen LogP contribution in [0.5, 0.6) is 0 Å². The van der Waals surface area contributed by atoms with Crippen LogP contribution in [0.2, 0.25) is 0 Å². The molecule has 0 aliphatic heterocycles. The molecule has 0 aromatic heterocycles. The molecular weight excluding hydrogens is 260 g/mol. The van der Waals surface area contributed by atoms with Crippen LogP contribution in [0.1, 0.15) is 20.3 Å². The Morgan fingerprint density at radius 1 is 0.950 bits per heavy atom. The van der Waals surface area contributed by atoms with Gasteiger partial charge in [0.1, 0.15) is 5.54 Å². The summed E-state index contributed by atoms with van der Waals surface area (Å²) in [6, 6.07) is 2.27. The maximum atomic E-state index is 9.06. The quantitative estimate of drug-likeness (QED) is 0.480. The van der Waals surface area contributed by atoms with E-state index >= 15 is 0 Å². The molecule has 118 valence electrons. The number of rotatable bonds is 14. The lowest BCUT2D eigenvalue weighted by Crippen LogP contribution is -2.41. The van der Waals surface area contributed by atoms with E-state index in [1.54, 1.807) is 7.11 Å². The molecule has 0 spiro atoms. The molecule has 6 heteroatoms. The van der Waals surface area contributed by atoms with Crippen molar-refractivity contribution in [2.24, 2.45) is 0 Å². The Kier molecular flexibility index (Phi) is 12.8. The van der Waals surface area contributed by atoms with Gasteiger partial charge < -0.3 is 18.9 Å². The Balaban J connectivity index is 3.30. The average Bonchev–Trinajstić information content (AvgIpc) is 2.45. The number of nitrogens with zero attached hydrogens (tertiary/aromatic N) is 1. The minimum Gasteiger partial charge on any atom is -0.382 e. The van der Waals surface area contributed by atoms with Gasteiger partial charge in [0, 0.05) is 20.1 Å². The van der Waals surface area contributed by atoms with Gasteiger partial charge >= 0.3 is 0 Å². The fourth-order valence-electron chi connectivity index (χ4n) is 1.53. The molecule has 0 radical (unpaired) electrons. The van der Waals surface area contributed by atoms with Gasteiger partial charge in [0.2, 0.25) is 0 Å². The first-order valence-corrected chi connectivity index (χ1v) is 7.07. The Morgan fingerprint density at radius 2 is 1.45 bits per heavy atom. The lowest BCUT2D eigenvalue weighted by molar-refractivity contribution is 0.00207. The molecule has 0 aliphatic carbocycles. The van der Waals surface area contributed by atoms with Crippen LogP contribution in [0.3, 0.4) is 0 Å². The summed E-state index contributed by atoms with van der Waals surface area (Å²) in [5, 5.41) is 12.2. The van der Waals surface area contributed by atoms with Crippen molar-refractivity contribution in [1.82, 2.24) is 5.32 Å². The number of nitrogens with one attached hydrogen (secondary N) is 1. The predicted molar refractivity (Wildman–Crippen MR) is 76.6 cm³/mol. The molecule has 6 nitrogen and oxygen atoms in total. The van der Waals surface area contributed by atoms with Gasteiger partial charge in [-0.2, -0.15) is 5.26 Å². The number of nitriles is 1. The highest BCUT2D eigenvalue weighted by Gasteiger charge is 2.21. The third-order valence-corrected chi connectivity index (χ3v) is 2.74. The van der Waals surface area contributed by atoms with Gasteiger partial charge in [-0.15, -0.1) is 0 Å². The summed E-state index contributed by atoms with van der Waals surface area (Å²) in [5.41, 5.74) is -0.509. The van der Waals surface area contributed by atoms with Crippen molar-refractivity contribution >= 4 is 0 Å². The van der Waals surface area contributed by atoms with Gasteiger partial charge in [-0.25, -0.2) is 0 Å². The molecule has 0 saturated carbocycles. The van der Waals surface area contributed by atoms with E-state index in [1.807, 2.05) is 13.8 Å². The number of hydrogen-bond acceptors (Lipinski definition) is 6. The topological polar surface area (TPSA) is 72.7 Å². The van der Waals surface area contributed by atoms with Gasteiger partial charge in [-0.05, 0) is 13.5 Å². The summed E-state index contributed by atoms with van der Waals surface area (Å²) in [5.74, 6) is 0. The second-order valence-corrected chi connectivity index (χ2v) is 4.55. The van der Waals surface area contributed by atoms with Crippen LogP contribution in [0.15, 0.2) is 0 Å². The van der Waals surface area contributed by atoms with Crippen LogP contribution < -0.4 is 5.32 Å². The molecule has 0 aromatic carbocycles. The third kappa shape index (κ3) is 11.1. The fourth-order valence-corrected chi connectivity index (χ4v) is 1.53. The van der Waals surface area contributed by atoms with Crippen molar-refractivity contribution in [1.29, 1.82) is 5.26 Å². The first kappa shape index (κ1) is 19.3. The zero-order valence-corrected chi connectivity index (χ0v) is 12.9. The van der Waals surface area contributed by atoms with E-state index < -0.39 is 5.54 Å². The van der Waals surface area contributed by atoms with Gasteiger partial charge in [-0.1, -0.05) is 6.92 Å². The number of ether oxygens (including phenoxy) is 4. The van der Waals surface area contributed by atoms with Crippen molar-refractivity contribution in [2.75, 3.05) is 59.9 Å². The van der Waals surface area contributed by atoms with E-state index in [0.717, 1.165) is 6.54 Å². The lowest BCUT2D eigenvalue weighted by atomic mass is 10.0. The van der Waals surface area contributed by atoms with Crippen molar-refractivity contribution in [3.8, 4) is 6.07 Å². The Bertz CT molecular complexity index is 258. The zero-order chi connectivity index (χ0) is 15.1. The molecule has 0 bridgehead atoms. The Hall–Kier alpha value is -0.710. The molecule has 0 saturated heterocycles. The SMILES string of the molecule is CCNC(C)(C#N)CCOCCOCCOCCOC. The third-order valence-electron chi connectivity index (χ3n) is 2.74. The molecule has 0 rings (SSSR count). The van der Waals surface area contributed by atoms with Crippen molar-refractivity contribution in [3.05, 3.63) is 0 Å². The van der Waals surface area contributed by atoms with E-state index in [-0.39, 0.29) is 0 Å². The highest BCUT2D eigenvalue weighted by atomic mass is 16.6. The first-order valence-electron chi connectivity index (χ1n) is 7.07. The molecule has 20 heavy (non-hydrogen) atoms. The van der Waals surface area contributed by atoms with Crippen LogP contribution >= 0.6 is 0 Å². The lowest BCUT2D eigenvalue weighted by Gasteiger charge is -2.22. The van der Waals surface area contributed by atoms with Crippen LogP contribution in [-0.4, -0.2) is 65.4 Å². The largest absolute Gasteiger partial charge is 0.382 e. The molecule has 0 aromatic rings. The number of hydrogen-bond donors (Lipinski definition) is 1. The van der Waals surface area contributed by atoms with Gasteiger partial charge in [0.05, 0.1) is 45.7 Å². The molecule has 0 amide bonds. The molecule has 1 unspecified atom stereocenters. The monoisotopic (exact) mass is 288 g/mol. The van der Waals surface area contributed by atoms with Gasteiger partial charge in [0.25, 0.3) is 0 Å². The maximum absolute atomic E-state index is 9.06. The number of methoxy groups -OCH3 is 1. The van der Waals surface area contributed by atoms with Gasteiger partial charge in [0.15, 0.2) is 0 Å². The summed E-state index contributed by atoms with van der Waals surface area (Å²) in [6.07, 6.45) is 0.664. The van der Waals surface area contributed by atoms with Crippen LogP contribution in [0, 0.1) is 11.3 Å². The highest BCUT2D eigenvalue weighted by molar-refractivity contribution is 5.03. The normalized spacial score (nSPS) is 13.9. The molecule has 0 aliphatic rings. The molecule has 1 atom stereocenters. The minimum atomic E-state index is -0.509. The van der Waals surface area contributed by atoms with Crippen LogP contribution in [0.25, 0.3) is 0 Å².